The third-order valence-electron chi connectivity index (χ3n) is 7.96. The molecule has 0 aliphatic carbocycles. The van der Waals surface area contributed by atoms with Crippen LogP contribution in [-0.2, 0) is 0 Å². The van der Waals surface area contributed by atoms with E-state index in [-0.39, 0.29) is 0 Å². The first-order chi connectivity index (χ1) is 19.7. The van der Waals surface area contributed by atoms with E-state index in [4.69, 9.17) is 9.47 Å². The Balaban J connectivity index is 1.63. The van der Waals surface area contributed by atoms with Gasteiger partial charge >= 0.3 is 204 Å². The van der Waals surface area contributed by atoms with E-state index >= 15 is 0 Å². The van der Waals surface area contributed by atoms with Gasteiger partial charge in [-0.05, 0) is 0 Å². The second-order valence-electron chi connectivity index (χ2n) is 12.8. The molecular formula is C35H53NO2S2Sn. The number of thiophene rings is 2. The zero-order valence-electron chi connectivity index (χ0n) is 26.8. The molecule has 0 saturated carbocycles. The molecule has 0 spiro atoms. The summed E-state index contributed by atoms with van der Waals surface area (Å²) in [6.45, 7) is 10.5. The second kappa shape index (κ2) is 15.5. The van der Waals surface area contributed by atoms with E-state index in [1.54, 1.807) is 2.89 Å². The monoisotopic (exact) mass is 703 g/mol. The minimum Gasteiger partial charge on any atom is -0.0654 e. The molecule has 3 aromatic heterocycles. The van der Waals surface area contributed by atoms with Crippen molar-refractivity contribution in [3.05, 3.63) is 34.7 Å². The van der Waals surface area contributed by atoms with Crippen molar-refractivity contribution in [3.63, 3.8) is 0 Å². The topological polar surface area (TPSA) is 23.4 Å². The van der Waals surface area contributed by atoms with Gasteiger partial charge in [0, 0.05) is 0 Å². The third kappa shape index (κ3) is 8.47. The van der Waals surface area contributed by atoms with Crippen LogP contribution in [0.4, 0.5) is 0 Å². The summed E-state index contributed by atoms with van der Waals surface area (Å²) in [5, 5.41) is 0. The molecule has 41 heavy (non-hydrogen) atoms. The number of fused-ring (bicyclic) bond motifs is 3. The van der Waals surface area contributed by atoms with Crippen LogP contribution < -0.4 is 12.4 Å². The van der Waals surface area contributed by atoms with Gasteiger partial charge in [-0.2, -0.15) is 0 Å². The van der Waals surface area contributed by atoms with Gasteiger partial charge in [-0.1, -0.05) is 58.8 Å². The molecule has 226 valence electrons. The Labute approximate surface area is 261 Å². The number of hydrogen-bond donors (Lipinski definition) is 0. The number of aromatic nitrogens is 1. The van der Waals surface area contributed by atoms with E-state index in [2.05, 4.69) is 71.3 Å². The average molecular weight is 703 g/mol. The van der Waals surface area contributed by atoms with Crippen LogP contribution in [0.25, 0.3) is 26.1 Å². The molecule has 4 aromatic rings. The molecule has 0 atom stereocenters. The third-order valence-corrected chi connectivity index (χ3v) is 19.7. The molecule has 0 amide bonds. The number of aryl methyl sites for hydroxylation is 2. The summed E-state index contributed by atoms with van der Waals surface area (Å²) in [7, 11) is 0. The molecule has 0 fully saturated rings. The standard InChI is InChI=1S/C32H44NO2S2.3CH3.Sn/c1-5-7-9-11-13-15-18-34-29-23-26(21-24(3)30(29)35-19-16-14-12-10-8-6-2)33-27-17-20-36-31(27)32-28(33)22-25(4)37-32;;;;/h17,21-23H,5-16,18-19H2,1-4H3;3*1H3;. The first kappa shape index (κ1) is 32.7. The predicted octanol–water partition coefficient (Wildman–Crippen LogP) is 11.5. The molecule has 0 N–H and O–H groups in total. The fourth-order valence-corrected chi connectivity index (χ4v) is 13.0. The smallest absolute Gasteiger partial charge is 0.0654 e. The van der Waals surface area contributed by atoms with Gasteiger partial charge in [-0.25, -0.2) is 0 Å². The van der Waals surface area contributed by atoms with E-state index in [1.807, 2.05) is 22.7 Å². The Morgan fingerprint density at radius 1 is 0.659 bits per heavy atom. The number of unbranched alkanes of at least 4 members (excludes halogenated alkanes) is 10. The van der Waals surface area contributed by atoms with Gasteiger partial charge in [0.15, 0.2) is 0 Å². The predicted molar refractivity (Wildman–Crippen MR) is 187 cm³/mol. The summed E-state index contributed by atoms with van der Waals surface area (Å²) < 4.78 is 20.0. The Bertz CT molecular complexity index is 1390. The van der Waals surface area contributed by atoms with Crippen molar-refractivity contribution in [2.75, 3.05) is 13.2 Å². The van der Waals surface area contributed by atoms with Crippen molar-refractivity contribution in [1.29, 1.82) is 0 Å². The fourth-order valence-electron chi connectivity index (χ4n) is 5.58. The molecule has 3 heterocycles. The summed E-state index contributed by atoms with van der Waals surface area (Å²) in [6.07, 6.45) is 15.2. The molecule has 3 nitrogen and oxygen atoms in total. The van der Waals surface area contributed by atoms with E-state index in [0.717, 1.165) is 37.6 Å². The van der Waals surface area contributed by atoms with Gasteiger partial charge in [0.25, 0.3) is 0 Å². The van der Waals surface area contributed by atoms with Gasteiger partial charge in [0.2, 0.25) is 0 Å². The summed E-state index contributed by atoms with van der Waals surface area (Å²) in [4.78, 5) is 8.94. The number of rotatable bonds is 18. The van der Waals surface area contributed by atoms with Crippen LogP contribution in [0.1, 0.15) is 101 Å². The van der Waals surface area contributed by atoms with E-state index in [1.165, 1.54) is 101 Å². The molecule has 6 heteroatoms. The minimum atomic E-state index is -2.20. The van der Waals surface area contributed by atoms with E-state index in [0.29, 0.717) is 0 Å². The molecule has 4 rings (SSSR count). The Morgan fingerprint density at radius 3 is 1.85 bits per heavy atom. The number of benzene rings is 1. The van der Waals surface area contributed by atoms with Crippen LogP contribution >= 0.6 is 22.7 Å². The van der Waals surface area contributed by atoms with Gasteiger partial charge in [0.1, 0.15) is 0 Å². The van der Waals surface area contributed by atoms with Gasteiger partial charge in [-0.3, -0.25) is 0 Å². The molecule has 0 aliphatic rings. The summed E-state index contributed by atoms with van der Waals surface area (Å²) in [6, 6.07) is 9.44. The SMILES string of the molecule is CCCCCCCCOc1cc(-n2c3cc(C)sc3c3s[c]([Sn]([CH3])([CH3])[CH3])cc32)cc(C)c1OCCCCCCCC. The van der Waals surface area contributed by atoms with Gasteiger partial charge in [-0.15, -0.1) is 0 Å². The Kier molecular flexibility index (Phi) is 12.4. The van der Waals surface area contributed by atoms with Crippen LogP contribution in [0.5, 0.6) is 11.5 Å². The number of nitrogens with zero attached hydrogens (tertiary/aromatic N) is 1. The van der Waals surface area contributed by atoms with Crippen LogP contribution in [0.3, 0.4) is 0 Å². The van der Waals surface area contributed by atoms with Crippen LogP contribution in [0.2, 0.25) is 14.8 Å². The number of hydrogen-bond acceptors (Lipinski definition) is 4. The van der Waals surface area contributed by atoms with Gasteiger partial charge in [0.05, 0.1) is 0 Å². The van der Waals surface area contributed by atoms with Crippen LogP contribution in [0, 0.1) is 13.8 Å². The molecular weight excluding hydrogens is 649 g/mol. The molecule has 0 bridgehead atoms. The van der Waals surface area contributed by atoms with E-state index in [9.17, 15) is 0 Å². The molecule has 0 radical (unpaired) electrons. The van der Waals surface area contributed by atoms with Crippen LogP contribution in [-0.4, -0.2) is 36.2 Å². The summed E-state index contributed by atoms with van der Waals surface area (Å²) in [5.74, 6) is 1.85. The summed E-state index contributed by atoms with van der Waals surface area (Å²) >= 11 is 1.78. The second-order valence-corrected chi connectivity index (χ2v) is 30.5. The minimum absolute atomic E-state index is 0.748. The molecule has 0 unspecified atom stereocenters. The zero-order chi connectivity index (χ0) is 29.4. The van der Waals surface area contributed by atoms with Crippen molar-refractivity contribution in [2.45, 2.75) is 120 Å². The maximum absolute atomic E-state index is 6.54. The fraction of sp³-hybridized carbons (Fsp3) is 0.600. The Morgan fingerprint density at radius 2 is 1.22 bits per heavy atom. The van der Waals surface area contributed by atoms with Crippen molar-refractivity contribution in [3.8, 4) is 17.2 Å². The average Bonchev–Trinajstić information content (AvgIpc) is 3.59. The first-order valence-corrected chi connectivity index (χ1v) is 27.8. The molecule has 1 aromatic carbocycles. The number of ether oxygens (including phenoxy) is 2. The molecule has 0 aliphatic heterocycles. The van der Waals surface area contributed by atoms with Crippen molar-refractivity contribution >= 4 is 64.4 Å². The van der Waals surface area contributed by atoms with E-state index < -0.39 is 18.4 Å². The maximum atomic E-state index is 6.54. The van der Waals surface area contributed by atoms with Crippen molar-refractivity contribution in [1.82, 2.24) is 4.57 Å². The zero-order valence-corrected chi connectivity index (χ0v) is 31.3. The van der Waals surface area contributed by atoms with Crippen molar-refractivity contribution in [2.24, 2.45) is 0 Å². The van der Waals surface area contributed by atoms with Crippen molar-refractivity contribution < 1.29 is 9.47 Å². The first-order valence-electron chi connectivity index (χ1n) is 16.2. The normalized spacial score (nSPS) is 12.2. The summed E-state index contributed by atoms with van der Waals surface area (Å²) in [5.41, 5.74) is 5.05. The van der Waals surface area contributed by atoms with Crippen LogP contribution in [0.15, 0.2) is 24.3 Å². The quantitative estimate of drug-likeness (QED) is 0.0761. The Hall–Kier alpha value is -1.18. The molecule has 0 saturated heterocycles. The van der Waals surface area contributed by atoms with Gasteiger partial charge < -0.3 is 0 Å².